The lowest BCUT2D eigenvalue weighted by Crippen LogP contribution is -2.48. The molecule has 1 aliphatic heterocycles. The summed E-state index contributed by atoms with van der Waals surface area (Å²) in [6.07, 6.45) is 3.51. The van der Waals surface area contributed by atoms with Gasteiger partial charge in [0.2, 0.25) is 0 Å². The molecule has 1 heterocycles. The Balaban J connectivity index is 2.00. The molecule has 0 radical (unpaired) electrons. The average Bonchev–Trinajstić information content (AvgIpc) is 2.53. The summed E-state index contributed by atoms with van der Waals surface area (Å²) in [6.45, 7) is 3.35. The fraction of sp³-hybridized carbons (Fsp3) is 0.625. The average molecular weight is 311 g/mol. The van der Waals surface area contributed by atoms with Crippen LogP contribution in [-0.4, -0.2) is 49.4 Å². The monoisotopic (exact) mass is 311 g/mol. The maximum Gasteiger partial charge on any atom is 0.179 e. The molecule has 1 saturated heterocycles. The minimum absolute atomic E-state index is 0.106. The number of sulfone groups is 1. The van der Waals surface area contributed by atoms with Crippen LogP contribution in [0.2, 0.25) is 0 Å². The maximum absolute atomic E-state index is 12.3. The van der Waals surface area contributed by atoms with Gasteiger partial charge in [-0.3, -0.25) is 4.90 Å². The fourth-order valence-corrected chi connectivity index (χ4v) is 4.27. The Bertz CT molecular complexity index is 530. The topological polar surface area (TPSA) is 57.6 Å². The van der Waals surface area contributed by atoms with E-state index < -0.39 is 9.84 Å². The van der Waals surface area contributed by atoms with Crippen LogP contribution < -0.4 is 0 Å². The smallest absolute Gasteiger partial charge is 0.179 e. The Hall–Kier alpha value is -0.910. The molecule has 0 unspecified atom stereocenters. The number of piperidine rings is 1. The van der Waals surface area contributed by atoms with Crippen LogP contribution in [0, 0.1) is 0 Å². The van der Waals surface area contributed by atoms with Crippen molar-refractivity contribution < 1.29 is 13.5 Å². The third kappa shape index (κ3) is 4.28. The molecule has 0 amide bonds. The minimum Gasteiger partial charge on any atom is -0.392 e. The van der Waals surface area contributed by atoms with Crippen molar-refractivity contribution in [3.05, 3.63) is 30.3 Å². The molecular weight excluding hydrogens is 286 g/mol. The van der Waals surface area contributed by atoms with E-state index in [0.717, 1.165) is 25.8 Å². The van der Waals surface area contributed by atoms with Gasteiger partial charge in [-0.1, -0.05) is 31.5 Å². The van der Waals surface area contributed by atoms with Crippen LogP contribution in [-0.2, 0) is 9.84 Å². The minimum atomic E-state index is -3.24. The van der Waals surface area contributed by atoms with Gasteiger partial charge in [-0.25, -0.2) is 8.42 Å². The fourth-order valence-electron chi connectivity index (χ4n) is 2.99. The molecule has 1 aliphatic rings. The van der Waals surface area contributed by atoms with Crippen molar-refractivity contribution >= 4 is 9.84 Å². The van der Waals surface area contributed by atoms with Gasteiger partial charge in [-0.05, 0) is 37.9 Å². The largest absolute Gasteiger partial charge is 0.392 e. The zero-order valence-corrected chi connectivity index (χ0v) is 13.4. The summed E-state index contributed by atoms with van der Waals surface area (Å²) >= 11 is 0. The summed E-state index contributed by atoms with van der Waals surface area (Å²) in [7, 11) is -3.24. The molecule has 0 bridgehead atoms. The predicted molar refractivity (Wildman–Crippen MR) is 84.0 cm³/mol. The number of hydrogen-bond acceptors (Lipinski definition) is 4. The van der Waals surface area contributed by atoms with Gasteiger partial charge >= 0.3 is 0 Å². The van der Waals surface area contributed by atoms with Crippen LogP contribution >= 0.6 is 0 Å². The first-order valence-corrected chi connectivity index (χ1v) is 9.39. The number of aliphatic hydroxyl groups excluding tert-OH is 1. The van der Waals surface area contributed by atoms with E-state index in [9.17, 15) is 13.5 Å². The van der Waals surface area contributed by atoms with Crippen molar-refractivity contribution in [2.45, 2.75) is 49.6 Å². The summed E-state index contributed by atoms with van der Waals surface area (Å²) in [5, 5.41) is 10.1. The lowest BCUT2D eigenvalue weighted by atomic mass is 9.96. The number of rotatable bonds is 6. The van der Waals surface area contributed by atoms with E-state index in [0.29, 0.717) is 17.9 Å². The predicted octanol–water partition coefficient (Wildman–Crippen LogP) is 2.09. The molecule has 21 heavy (non-hydrogen) atoms. The van der Waals surface area contributed by atoms with E-state index in [1.54, 1.807) is 24.3 Å². The van der Waals surface area contributed by atoms with Crippen LogP contribution in [0.4, 0.5) is 0 Å². The molecule has 2 rings (SSSR count). The van der Waals surface area contributed by atoms with Gasteiger partial charge in [-0.2, -0.15) is 0 Å². The van der Waals surface area contributed by atoms with Gasteiger partial charge in [0, 0.05) is 12.6 Å². The van der Waals surface area contributed by atoms with Crippen molar-refractivity contribution in [3.63, 3.8) is 0 Å². The highest BCUT2D eigenvalue weighted by Gasteiger charge is 2.28. The lowest BCUT2D eigenvalue weighted by Gasteiger charge is -2.38. The first kappa shape index (κ1) is 16.5. The van der Waals surface area contributed by atoms with E-state index in [4.69, 9.17) is 0 Å². The highest BCUT2D eigenvalue weighted by molar-refractivity contribution is 7.91. The van der Waals surface area contributed by atoms with E-state index >= 15 is 0 Å². The molecule has 1 aromatic rings. The molecule has 1 N–H and O–H groups in total. The number of hydrogen-bond donors (Lipinski definition) is 1. The van der Waals surface area contributed by atoms with E-state index in [-0.39, 0.29) is 17.9 Å². The van der Waals surface area contributed by atoms with Gasteiger partial charge in [0.25, 0.3) is 0 Å². The van der Waals surface area contributed by atoms with Crippen molar-refractivity contribution in [2.75, 3.05) is 18.8 Å². The summed E-state index contributed by atoms with van der Waals surface area (Å²) < 4.78 is 24.7. The second kappa shape index (κ2) is 7.38. The molecule has 0 aromatic heterocycles. The van der Waals surface area contributed by atoms with Crippen LogP contribution in [0.25, 0.3) is 0 Å². The maximum atomic E-state index is 12.3. The third-order valence-electron chi connectivity index (χ3n) is 4.28. The lowest BCUT2D eigenvalue weighted by molar-refractivity contribution is 0.0275. The highest BCUT2D eigenvalue weighted by Crippen LogP contribution is 2.22. The Morgan fingerprint density at radius 1 is 1.29 bits per heavy atom. The Labute approximate surface area is 127 Å². The van der Waals surface area contributed by atoms with Crippen molar-refractivity contribution in [1.29, 1.82) is 0 Å². The second-order valence-electron chi connectivity index (χ2n) is 5.71. The highest BCUT2D eigenvalue weighted by atomic mass is 32.2. The summed E-state index contributed by atoms with van der Waals surface area (Å²) in [5.74, 6) is 0.115. The Morgan fingerprint density at radius 3 is 2.67 bits per heavy atom. The number of nitrogens with zero attached hydrogens (tertiary/aromatic N) is 1. The van der Waals surface area contributed by atoms with Crippen LogP contribution in [0.15, 0.2) is 35.2 Å². The quantitative estimate of drug-likeness (QED) is 0.874. The Morgan fingerprint density at radius 2 is 2.00 bits per heavy atom. The molecule has 2 atom stereocenters. The molecule has 0 aliphatic carbocycles. The molecule has 1 aromatic carbocycles. The molecule has 5 heteroatoms. The van der Waals surface area contributed by atoms with Gasteiger partial charge in [-0.15, -0.1) is 0 Å². The van der Waals surface area contributed by atoms with Gasteiger partial charge < -0.3 is 5.11 Å². The third-order valence-corrected chi connectivity index (χ3v) is 5.99. The molecule has 4 nitrogen and oxygen atoms in total. The molecular formula is C16H25NO3S. The normalized spacial score (nSPS) is 22.1. The van der Waals surface area contributed by atoms with Crippen LogP contribution in [0.1, 0.15) is 32.6 Å². The molecule has 1 fully saturated rings. The van der Waals surface area contributed by atoms with Gasteiger partial charge in [0.15, 0.2) is 9.84 Å². The summed E-state index contributed by atoms with van der Waals surface area (Å²) in [4.78, 5) is 2.53. The number of aliphatic hydroxyl groups is 1. The Kier molecular flexibility index (Phi) is 5.79. The number of benzene rings is 1. The zero-order valence-electron chi connectivity index (χ0n) is 12.6. The number of likely N-dealkylation sites (tertiary alicyclic amines) is 1. The van der Waals surface area contributed by atoms with E-state index in [2.05, 4.69) is 4.90 Å². The zero-order chi connectivity index (χ0) is 15.3. The molecule has 118 valence electrons. The standard InChI is InChI=1S/C16H25NO3S/c1-2-16(18)15-10-6-7-11-17(15)12-13-21(19,20)14-8-4-3-5-9-14/h3-5,8-9,15-16,18H,2,6-7,10-13H2,1H3/t15-,16-/m0/s1. The van der Waals surface area contributed by atoms with Crippen LogP contribution in [0.5, 0.6) is 0 Å². The van der Waals surface area contributed by atoms with Gasteiger partial charge in [0.1, 0.15) is 0 Å². The summed E-state index contributed by atoms with van der Waals surface area (Å²) in [6, 6.07) is 8.70. The molecule has 0 saturated carbocycles. The molecule has 0 spiro atoms. The summed E-state index contributed by atoms with van der Waals surface area (Å²) in [5.41, 5.74) is 0. The SMILES string of the molecule is CC[C@H](O)[C@@H]1CCCCN1CCS(=O)(=O)c1ccccc1. The van der Waals surface area contributed by atoms with E-state index in [1.165, 1.54) is 0 Å². The second-order valence-corrected chi connectivity index (χ2v) is 7.82. The van der Waals surface area contributed by atoms with Crippen molar-refractivity contribution in [2.24, 2.45) is 0 Å². The van der Waals surface area contributed by atoms with Crippen LogP contribution in [0.3, 0.4) is 0 Å². The van der Waals surface area contributed by atoms with Crippen molar-refractivity contribution in [3.8, 4) is 0 Å². The first-order valence-electron chi connectivity index (χ1n) is 7.74. The van der Waals surface area contributed by atoms with Crippen molar-refractivity contribution in [1.82, 2.24) is 4.90 Å². The van der Waals surface area contributed by atoms with Gasteiger partial charge in [0.05, 0.1) is 16.8 Å². The first-order chi connectivity index (χ1) is 10.0. The van der Waals surface area contributed by atoms with E-state index in [1.807, 2.05) is 13.0 Å².